The summed E-state index contributed by atoms with van der Waals surface area (Å²) in [7, 11) is 1.90. The SMILES string of the molecule is CNCCOc1cnc(C)c(Br)c1. The van der Waals surface area contributed by atoms with Gasteiger partial charge >= 0.3 is 0 Å². The van der Waals surface area contributed by atoms with Gasteiger partial charge in [0.25, 0.3) is 0 Å². The van der Waals surface area contributed by atoms with E-state index in [-0.39, 0.29) is 0 Å². The van der Waals surface area contributed by atoms with Gasteiger partial charge in [-0.25, -0.2) is 0 Å². The van der Waals surface area contributed by atoms with Crippen LogP contribution < -0.4 is 10.1 Å². The molecular weight excluding hydrogens is 232 g/mol. The molecule has 0 saturated heterocycles. The van der Waals surface area contributed by atoms with E-state index in [4.69, 9.17) is 4.74 Å². The van der Waals surface area contributed by atoms with Crippen molar-refractivity contribution < 1.29 is 4.74 Å². The lowest BCUT2D eigenvalue weighted by Crippen LogP contribution is -2.16. The number of hydrogen-bond donors (Lipinski definition) is 1. The van der Waals surface area contributed by atoms with Gasteiger partial charge in [0.2, 0.25) is 0 Å². The number of aryl methyl sites for hydroxylation is 1. The van der Waals surface area contributed by atoms with Gasteiger partial charge in [0.05, 0.1) is 11.9 Å². The van der Waals surface area contributed by atoms with E-state index in [9.17, 15) is 0 Å². The van der Waals surface area contributed by atoms with Crippen LogP contribution in [0.4, 0.5) is 0 Å². The molecule has 1 heterocycles. The number of likely N-dealkylation sites (N-methyl/N-ethyl adjacent to an activating group) is 1. The molecule has 0 unspecified atom stereocenters. The zero-order valence-corrected chi connectivity index (χ0v) is 9.39. The lowest BCUT2D eigenvalue weighted by atomic mass is 10.4. The molecule has 0 aliphatic rings. The molecule has 0 aromatic carbocycles. The molecule has 0 saturated carbocycles. The van der Waals surface area contributed by atoms with E-state index in [1.54, 1.807) is 6.20 Å². The van der Waals surface area contributed by atoms with Crippen LogP contribution in [0.3, 0.4) is 0 Å². The minimum Gasteiger partial charge on any atom is -0.491 e. The molecule has 1 N–H and O–H groups in total. The third-order valence-corrected chi connectivity index (χ3v) is 2.42. The second kappa shape index (κ2) is 5.19. The summed E-state index contributed by atoms with van der Waals surface area (Å²) in [5, 5.41) is 3.01. The van der Waals surface area contributed by atoms with Crippen LogP contribution in [0.25, 0.3) is 0 Å². The fourth-order valence-corrected chi connectivity index (χ4v) is 1.17. The van der Waals surface area contributed by atoms with Gasteiger partial charge in [-0.2, -0.15) is 0 Å². The summed E-state index contributed by atoms with van der Waals surface area (Å²) in [6.07, 6.45) is 1.73. The highest BCUT2D eigenvalue weighted by Gasteiger charge is 1.98. The van der Waals surface area contributed by atoms with E-state index in [1.165, 1.54) is 0 Å². The van der Waals surface area contributed by atoms with Crippen molar-refractivity contribution in [2.45, 2.75) is 6.92 Å². The lowest BCUT2D eigenvalue weighted by molar-refractivity contribution is 0.317. The number of halogens is 1. The van der Waals surface area contributed by atoms with Crippen molar-refractivity contribution in [3.8, 4) is 5.75 Å². The molecule has 0 atom stereocenters. The summed E-state index contributed by atoms with van der Waals surface area (Å²) in [4.78, 5) is 4.17. The maximum Gasteiger partial charge on any atom is 0.138 e. The minimum atomic E-state index is 0.660. The Bertz CT molecular complexity index is 278. The van der Waals surface area contributed by atoms with Gasteiger partial charge in [0, 0.05) is 11.0 Å². The van der Waals surface area contributed by atoms with Crippen LogP contribution in [0, 0.1) is 6.92 Å². The topological polar surface area (TPSA) is 34.1 Å². The molecule has 1 aromatic heterocycles. The van der Waals surface area contributed by atoms with E-state index >= 15 is 0 Å². The number of hydrogen-bond acceptors (Lipinski definition) is 3. The van der Waals surface area contributed by atoms with Crippen LogP contribution in [-0.4, -0.2) is 25.2 Å². The average Bonchev–Trinajstić information content (AvgIpc) is 2.12. The van der Waals surface area contributed by atoms with E-state index in [0.717, 1.165) is 22.5 Å². The number of ether oxygens (including phenoxy) is 1. The molecule has 0 amide bonds. The number of aromatic nitrogens is 1. The summed E-state index contributed by atoms with van der Waals surface area (Å²) in [6.45, 7) is 3.45. The highest BCUT2D eigenvalue weighted by atomic mass is 79.9. The van der Waals surface area contributed by atoms with Crippen LogP contribution >= 0.6 is 15.9 Å². The van der Waals surface area contributed by atoms with Crippen molar-refractivity contribution in [2.75, 3.05) is 20.2 Å². The van der Waals surface area contributed by atoms with Gasteiger partial charge in [-0.05, 0) is 36.0 Å². The maximum atomic E-state index is 5.43. The summed E-state index contributed by atoms with van der Waals surface area (Å²) in [6, 6.07) is 1.93. The maximum absolute atomic E-state index is 5.43. The zero-order chi connectivity index (χ0) is 9.68. The van der Waals surface area contributed by atoms with E-state index in [0.29, 0.717) is 6.61 Å². The molecule has 4 heteroatoms. The summed E-state index contributed by atoms with van der Waals surface area (Å²) < 4.78 is 6.41. The van der Waals surface area contributed by atoms with Crippen molar-refractivity contribution in [1.29, 1.82) is 0 Å². The smallest absolute Gasteiger partial charge is 0.138 e. The largest absolute Gasteiger partial charge is 0.491 e. The second-order valence-electron chi connectivity index (χ2n) is 2.69. The molecule has 0 aliphatic heterocycles. The van der Waals surface area contributed by atoms with Crippen LogP contribution in [0.15, 0.2) is 16.7 Å². The molecule has 3 nitrogen and oxygen atoms in total. The van der Waals surface area contributed by atoms with Gasteiger partial charge in [-0.15, -0.1) is 0 Å². The summed E-state index contributed by atoms with van der Waals surface area (Å²) in [5.41, 5.74) is 0.973. The standard InChI is InChI=1S/C9H13BrN2O/c1-7-9(10)5-8(6-12-7)13-4-3-11-2/h5-6,11H,3-4H2,1-2H3. The zero-order valence-electron chi connectivity index (χ0n) is 7.80. The number of nitrogens with one attached hydrogen (secondary N) is 1. The number of nitrogens with zero attached hydrogens (tertiary/aromatic N) is 1. The lowest BCUT2D eigenvalue weighted by Gasteiger charge is -2.06. The van der Waals surface area contributed by atoms with Gasteiger partial charge in [-0.3, -0.25) is 4.98 Å². The number of rotatable bonds is 4. The molecule has 0 spiro atoms. The molecule has 0 bridgehead atoms. The fourth-order valence-electron chi connectivity index (χ4n) is 0.839. The molecule has 1 rings (SSSR count). The van der Waals surface area contributed by atoms with Crippen molar-refractivity contribution in [3.05, 3.63) is 22.4 Å². The van der Waals surface area contributed by atoms with E-state index in [1.807, 2.05) is 20.0 Å². The van der Waals surface area contributed by atoms with Crippen LogP contribution in [-0.2, 0) is 0 Å². The van der Waals surface area contributed by atoms with Gasteiger partial charge in [-0.1, -0.05) is 0 Å². The fraction of sp³-hybridized carbons (Fsp3) is 0.444. The van der Waals surface area contributed by atoms with Crippen LogP contribution in [0.1, 0.15) is 5.69 Å². The molecule has 0 aliphatic carbocycles. The van der Waals surface area contributed by atoms with E-state index in [2.05, 4.69) is 26.2 Å². The first kappa shape index (κ1) is 10.5. The molecule has 0 radical (unpaired) electrons. The van der Waals surface area contributed by atoms with Crippen molar-refractivity contribution in [3.63, 3.8) is 0 Å². The Morgan fingerprint density at radius 3 is 3.00 bits per heavy atom. The molecule has 1 aromatic rings. The Balaban J connectivity index is 2.53. The summed E-state index contributed by atoms with van der Waals surface area (Å²) >= 11 is 3.40. The molecule has 0 fully saturated rings. The molecular formula is C9H13BrN2O. The summed E-state index contributed by atoms with van der Waals surface area (Å²) in [5.74, 6) is 0.799. The Labute approximate surface area is 86.6 Å². The highest BCUT2D eigenvalue weighted by molar-refractivity contribution is 9.10. The quantitative estimate of drug-likeness (QED) is 0.820. The first-order chi connectivity index (χ1) is 6.24. The van der Waals surface area contributed by atoms with Gasteiger partial charge in [0.1, 0.15) is 12.4 Å². The monoisotopic (exact) mass is 244 g/mol. The normalized spacial score (nSPS) is 10.1. The second-order valence-corrected chi connectivity index (χ2v) is 3.54. The Hall–Kier alpha value is -0.610. The van der Waals surface area contributed by atoms with Crippen molar-refractivity contribution in [1.82, 2.24) is 10.3 Å². The van der Waals surface area contributed by atoms with Crippen molar-refractivity contribution in [2.24, 2.45) is 0 Å². The minimum absolute atomic E-state index is 0.660. The van der Waals surface area contributed by atoms with Crippen molar-refractivity contribution >= 4 is 15.9 Å². The third-order valence-electron chi connectivity index (χ3n) is 1.62. The van der Waals surface area contributed by atoms with Crippen LogP contribution in [0.2, 0.25) is 0 Å². The first-order valence-corrected chi connectivity index (χ1v) is 4.93. The highest BCUT2D eigenvalue weighted by Crippen LogP contribution is 2.19. The average molecular weight is 245 g/mol. The van der Waals surface area contributed by atoms with Gasteiger partial charge in [0.15, 0.2) is 0 Å². The number of pyridine rings is 1. The Kier molecular flexibility index (Phi) is 4.18. The molecule has 72 valence electrons. The van der Waals surface area contributed by atoms with Gasteiger partial charge < -0.3 is 10.1 Å². The predicted molar refractivity (Wildman–Crippen MR) is 56.1 cm³/mol. The van der Waals surface area contributed by atoms with E-state index < -0.39 is 0 Å². The Morgan fingerprint density at radius 2 is 2.38 bits per heavy atom. The third kappa shape index (κ3) is 3.32. The van der Waals surface area contributed by atoms with Crippen LogP contribution in [0.5, 0.6) is 5.75 Å². The first-order valence-electron chi connectivity index (χ1n) is 4.13. The Morgan fingerprint density at radius 1 is 1.62 bits per heavy atom. The predicted octanol–water partition coefficient (Wildman–Crippen LogP) is 1.75. The molecule has 13 heavy (non-hydrogen) atoms.